The molecule has 0 aliphatic carbocycles. The maximum Gasteiger partial charge on any atom is 0.248 e. The molecule has 3 atom stereocenters. The van der Waals surface area contributed by atoms with E-state index >= 15 is 0 Å². The Morgan fingerprint density at radius 3 is 2.89 bits per heavy atom. The molecule has 0 aromatic rings. The van der Waals surface area contributed by atoms with Gasteiger partial charge in [0.05, 0.1) is 18.8 Å². The topological polar surface area (TPSA) is 50.8 Å². The van der Waals surface area contributed by atoms with Gasteiger partial charge in [0.2, 0.25) is 5.91 Å². The van der Waals surface area contributed by atoms with Crippen LogP contribution in [0.5, 0.6) is 0 Å². The van der Waals surface area contributed by atoms with E-state index in [1.165, 1.54) is 0 Å². The van der Waals surface area contributed by atoms with Gasteiger partial charge in [-0.25, -0.2) is 0 Å². The molecule has 2 saturated heterocycles. The first-order valence-corrected chi connectivity index (χ1v) is 6.33. The molecule has 0 saturated carbocycles. The lowest BCUT2D eigenvalue weighted by molar-refractivity contribution is -0.137. The zero-order valence-electron chi connectivity index (χ0n) is 11.1. The van der Waals surface area contributed by atoms with E-state index in [0.29, 0.717) is 18.8 Å². The van der Waals surface area contributed by atoms with Gasteiger partial charge >= 0.3 is 0 Å². The number of carbonyl (C=O) groups excluding carboxylic acids is 1. The molecule has 0 aromatic heterocycles. The van der Waals surface area contributed by atoms with Crippen molar-refractivity contribution in [2.45, 2.75) is 37.5 Å². The average Bonchev–Trinajstić information content (AvgIpc) is 2.75. The summed E-state index contributed by atoms with van der Waals surface area (Å²) in [5, 5.41) is 3.44. The fraction of sp³-hybridized carbons (Fsp3) is 0.917. The number of fused-ring (bicyclic) bond motifs is 1. The van der Waals surface area contributed by atoms with Crippen molar-refractivity contribution in [3.8, 4) is 0 Å². The molecule has 6 heteroatoms. The zero-order valence-corrected chi connectivity index (χ0v) is 11.9. The second-order valence-corrected chi connectivity index (χ2v) is 5.03. The number of amides is 1. The Labute approximate surface area is 115 Å². The van der Waals surface area contributed by atoms with Crippen molar-refractivity contribution in [1.29, 1.82) is 0 Å². The molecule has 0 bridgehead atoms. The van der Waals surface area contributed by atoms with Crippen LogP contribution in [0.1, 0.15) is 19.3 Å². The standard InChI is InChI=1S/C12H22N2O3.ClH/c1-14(2)12(15)8-16-7-9-3-4-10-11(17-9)5-6-13-10;/h9-11,13H,3-8H2,1-2H3;1H/t9-,10-,11-;/m1./s1. The van der Waals surface area contributed by atoms with Gasteiger partial charge in [-0.1, -0.05) is 0 Å². The van der Waals surface area contributed by atoms with Crippen LogP contribution in [0.4, 0.5) is 0 Å². The Morgan fingerprint density at radius 1 is 1.39 bits per heavy atom. The van der Waals surface area contributed by atoms with E-state index in [9.17, 15) is 4.79 Å². The number of nitrogens with one attached hydrogen (secondary N) is 1. The average molecular weight is 279 g/mol. The highest BCUT2D eigenvalue weighted by atomic mass is 35.5. The molecule has 0 aromatic carbocycles. The number of nitrogens with zero attached hydrogens (tertiary/aromatic N) is 1. The second-order valence-electron chi connectivity index (χ2n) is 5.03. The van der Waals surface area contributed by atoms with Crippen LogP contribution in [0.25, 0.3) is 0 Å². The van der Waals surface area contributed by atoms with E-state index < -0.39 is 0 Å². The van der Waals surface area contributed by atoms with Crippen molar-refractivity contribution in [2.24, 2.45) is 0 Å². The second kappa shape index (κ2) is 7.28. The molecule has 2 aliphatic heterocycles. The predicted octanol–water partition coefficient (Wildman–Crippen LogP) is 0.422. The number of halogens is 1. The summed E-state index contributed by atoms with van der Waals surface area (Å²) in [6.07, 6.45) is 3.77. The van der Waals surface area contributed by atoms with E-state index in [-0.39, 0.29) is 31.0 Å². The Morgan fingerprint density at radius 2 is 2.17 bits per heavy atom. The molecule has 2 heterocycles. The molecule has 0 unspecified atom stereocenters. The zero-order chi connectivity index (χ0) is 12.3. The maximum atomic E-state index is 11.3. The van der Waals surface area contributed by atoms with Crippen LogP contribution in [0.15, 0.2) is 0 Å². The van der Waals surface area contributed by atoms with Crippen molar-refractivity contribution in [3.05, 3.63) is 0 Å². The normalized spacial score (nSPS) is 30.4. The Hall–Kier alpha value is -0.360. The van der Waals surface area contributed by atoms with Gasteiger partial charge in [-0.3, -0.25) is 4.79 Å². The summed E-state index contributed by atoms with van der Waals surface area (Å²) in [4.78, 5) is 12.9. The molecular weight excluding hydrogens is 256 g/mol. The van der Waals surface area contributed by atoms with Crippen molar-refractivity contribution in [2.75, 3.05) is 33.9 Å². The van der Waals surface area contributed by atoms with Crippen LogP contribution in [-0.4, -0.2) is 62.9 Å². The van der Waals surface area contributed by atoms with Gasteiger partial charge in [0.25, 0.3) is 0 Å². The van der Waals surface area contributed by atoms with Crippen LogP contribution >= 0.6 is 12.4 Å². The van der Waals surface area contributed by atoms with Crippen molar-refractivity contribution >= 4 is 18.3 Å². The van der Waals surface area contributed by atoms with Crippen LogP contribution in [-0.2, 0) is 14.3 Å². The molecule has 5 nitrogen and oxygen atoms in total. The van der Waals surface area contributed by atoms with E-state index in [0.717, 1.165) is 25.8 Å². The third-order valence-corrected chi connectivity index (χ3v) is 3.48. The molecule has 2 rings (SSSR count). The highest BCUT2D eigenvalue weighted by molar-refractivity contribution is 5.85. The minimum atomic E-state index is 0. The summed E-state index contributed by atoms with van der Waals surface area (Å²) in [6.45, 7) is 1.74. The van der Waals surface area contributed by atoms with Crippen LogP contribution < -0.4 is 5.32 Å². The predicted molar refractivity (Wildman–Crippen MR) is 71.1 cm³/mol. The molecule has 1 amide bonds. The van der Waals surface area contributed by atoms with Gasteiger partial charge in [0.15, 0.2) is 0 Å². The Kier molecular flexibility index (Phi) is 6.35. The highest BCUT2D eigenvalue weighted by Gasteiger charge is 2.34. The minimum absolute atomic E-state index is 0. The summed E-state index contributed by atoms with van der Waals surface area (Å²) in [5.74, 6) is 0.00113. The van der Waals surface area contributed by atoms with Gasteiger partial charge < -0.3 is 19.7 Å². The number of rotatable bonds is 4. The minimum Gasteiger partial charge on any atom is -0.371 e. The molecule has 2 fully saturated rings. The fourth-order valence-corrected chi connectivity index (χ4v) is 2.40. The number of likely N-dealkylation sites (N-methyl/N-ethyl adjacent to an activating group) is 1. The summed E-state index contributed by atoms with van der Waals surface area (Å²) < 4.78 is 11.3. The fourth-order valence-electron chi connectivity index (χ4n) is 2.40. The first-order chi connectivity index (χ1) is 8.16. The lowest BCUT2D eigenvalue weighted by Crippen LogP contribution is -2.42. The van der Waals surface area contributed by atoms with Gasteiger partial charge in [-0.2, -0.15) is 0 Å². The lowest BCUT2D eigenvalue weighted by atomic mass is 10.0. The van der Waals surface area contributed by atoms with Crippen molar-refractivity contribution in [1.82, 2.24) is 10.2 Å². The van der Waals surface area contributed by atoms with Crippen molar-refractivity contribution < 1.29 is 14.3 Å². The molecule has 0 radical (unpaired) electrons. The highest BCUT2D eigenvalue weighted by Crippen LogP contribution is 2.25. The van der Waals surface area contributed by atoms with Crippen molar-refractivity contribution in [3.63, 3.8) is 0 Å². The van der Waals surface area contributed by atoms with E-state index in [1.807, 2.05) is 0 Å². The largest absolute Gasteiger partial charge is 0.371 e. The smallest absolute Gasteiger partial charge is 0.248 e. The maximum absolute atomic E-state index is 11.3. The quantitative estimate of drug-likeness (QED) is 0.810. The third-order valence-electron chi connectivity index (χ3n) is 3.48. The molecular formula is C12H23ClN2O3. The number of ether oxygens (including phenoxy) is 2. The van der Waals surface area contributed by atoms with Crippen LogP contribution in [0.2, 0.25) is 0 Å². The van der Waals surface area contributed by atoms with Gasteiger partial charge in [0, 0.05) is 20.1 Å². The lowest BCUT2D eigenvalue weighted by Gasteiger charge is -2.32. The van der Waals surface area contributed by atoms with E-state index in [2.05, 4.69) is 5.32 Å². The summed E-state index contributed by atoms with van der Waals surface area (Å²) in [5.41, 5.74) is 0. The Balaban J connectivity index is 0.00000162. The SMILES string of the molecule is CN(C)C(=O)COC[C@H]1CC[C@H]2NCC[C@H]2O1.Cl. The summed E-state index contributed by atoms with van der Waals surface area (Å²) in [6, 6.07) is 0.537. The molecule has 106 valence electrons. The van der Waals surface area contributed by atoms with E-state index in [1.54, 1.807) is 19.0 Å². The van der Waals surface area contributed by atoms with E-state index in [4.69, 9.17) is 9.47 Å². The van der Waals surface area contributed by atoms with Gasteiger partial charge in [-0.15, -0.1) is 12.4 Å². The molecule has 2 aliphatic rings. The third kappa shape index (κ3) is 4.09. The summed E-state index contributed by atoms with van der Waals surface area (Å²) in [7, 11) is 3.47. The first kappa shape index (κ1) is 15.7. The van der Waals surface area contributed by atoms with Crippen LogP contribution in [0.3, 0.4) is 0 Å². The number of hydrogen-bond acceptors (Lipinski definition) is 4. The number of carbonyl (C=O) groups is 1. The number of hydrogen-bond donors (Lipinski definition) is 1. The Bertz CT molecular complexity index is 276. The van der Waals surface area contributed by atoms with Crippen LogP contribution in [0, 0.1) is 0 Å². The van der Waals surface area contributed by atoms with Gasteiger partial charge in [0.1, 0.15) is 6.61 Å². The monoisotopic (exact) mass is 278 g/mol. The molecule has 1 N–H and O–H groups in total. The molecule has 18 heavy (non-hydrogen) atoms. The van der Waals surface area contributed by atoms with Gasteiger partial charge in [-0.05, 0) is 25.8 Å². The molecule has 0 spiro atoms. The first-order valence-electron chi connectivity index (χ1n) is 6.33. The summed E-state index contributed by atoms with van der Waals surface area (Å²) >= 11 is 0.